The Balaban J connectivity index is 1.35. The molecule has 9 nitrogen and oxygen atoms in total. The Hall–Kier alpha value is -3.59. The number of anilines is 1. The van der Waals surface area contributed by atoms with Gasteiger partial charge in [0.2, 0.25) is 5.91 Å². The summed E-state index contributed by atoms with van der Waals surface area (Å²) in [5.41, 5.74) is 2.39. The third-order valence-corrected chi connectivity index (χ3v) is 6.37. The third-order valence-electron chi connectivity index (χ3n) is 6.37. The molecule has 1 N–H and O–H groups in total. The molecule has 1 atom stereocenters. The first-order valence-electron chi connectivity index (χ1n) is 11.3. The molecular formula is C24H25N7O2. The van der Waals surface area contributed by atoms with E-state index < -0.39 is 0 Å². The van der Waals surface area contributed by atoms with E-state index in [-0.39, 0.29) is 17.9 Å². The molecule has 2 fully saturated rings. The zero-order chi connectivity index (χ0) is 22.5. The van der Waals surface area contributed by atoms with Crippen LogP contribution in [0.25, 0.3) is 27.8 Å². The standard InChI is InChI=1S/C24H25N7O2/c1-14-19-10-26-21(27-24(32)15-3-4-15)9-18(19)20(11-25-14)23-28-22-6-5-16(13-31(22)29-23)33-17-7-8-30(2)12-17/h5-6,9-11,13,15,17H,3-4,7-8,12H2,1-2H3,(H,26,27,32). The molecule has 0 radical (unpaired) electrons. The molecule has 5 heterocycles. The fourth-order valence-corrected chi connectivity index (χ4v) is 4.32. The van der Waals surface area contributed by atoms with Crippen LogP contribution in [0.4, 0.5) is 5.82 Å². The molecule has 1 aliphatic heterocycles. The number of likely N-dealkylation sites (tertiary alicyclic amines) is 1. The summed E-state index contributed by atoms with van der Waals surface area (Å²) in [4.78, 5) is 28.2. The van der Waals surface area contributed by atoms with Crippen LogP contribution in [0.3, 0.4) is 0 Å². The fourth-order valence-electron chi connectivity index (χ4n) is 4.32. The summed E-state index contributed by atoms with van der Waals surface area (Å²) in [6.45, 7) is 3.92. The van der Waals surface area contributed by atoms with E-state index in [1.54, 1.807) is 16.9 Å². The molecule has 168 valence electrons. The smallest absolute Gasteiger partial charge is 0.228 e. The van der Waals surface area contributed by atoms with Gasteiger partial charge < -0.3 is 15.0 Å². The van der Waals surface area contributed by atoms with Crippen molar-refractivity contribution >= 4 is 28.1 Å². The van der Waals surface area contributed by atoms with E-state index in [1.807, 2.05) is 31.3 Å². The number of hydrogen-bond acceptors (Lipinski definition) is 7. The number of nitrogens with zero attached hydrogens (tertiary/aromatic N) is 6. The highest BCUT2D eigenvalue weighted by Gasteiger charge is 2.30. The number of pyridine rings is 3. The first-order chi connectivity index (χ1) is 16.0. The number of rotatable bonds is 5. The largest absolute Gasteiger partial charge is 0.487 e. The van der Waals surface area contributed by atoms with E-state index in [9.17, 15) is 4.79 Å². The van der Waals surface area contributed by atoms with Crippen molar-refractivity contribution in [3.05, 3.63) is 42.5 Å². The maximum absolute atomic E-state index is 12.2. The van der Waals surface area contributed by atoms with Gasteiger partial charge in [-0.2, -0.15) is 0 Å². The number of aromatic nitrogens is 5. The van der Waals surface area contributed by atoms with Gasteiger partial charge in [-0.05, 0) is 51.4 Å². The lowest BCUT2D eigenvalue weighted by atomic mass is 10.1. The van der Waals surface area contributed by atoms with Crippen LogP contribution in [0.15, 0.2) is 36.8 Å². The molecule has 6 rings (SSSR count). The van der Waals surface area contributed by atoms with E-state index in [4.69, 9.17) is 14.8 Å². The Labute approximate surface area is 190 Å². The highest BCUT2D eigenvalue weighted by Crippen LogP contribution is 2.32. The van der Waals surface area contributed by atoms with Crippen molar-refractivity contribution < 1.29 is 9.53 Å². The Bertz CT molecular complexity index is 1380. The number of amides is 1. The molecule has 0 aromatic carbocycles. The van der Waals surface area contributed by atoms with Crippen LogP contribution in [0.2, 0.25) is 0 Å². The second kappa shape index (κ2) is 7.77. The molecule has 1 saturated heterocycles. The highest BCUT2D eigenvalue weighted by molar-refractivity contribution is 5.99. The molecule has 9 heteroatoms. The van der Waals surface area contributed by atoms with Gasteiger partial charge in [-0.3, -0.25) is 9.78 Å². The van der Waals surface area contributed by atoms with Gasteiger partial charge in [0.25, 0.3) is 0 Å². The number of hydrogen-bond donors (Lipinski definition) is 1. The zero-order valence-corrected chi connectivity index (χ0v) is 18.7. The molecule has 4 aromatic rings. The van der Waals surface area contributed by atoms with Crippen molar-refractivity contribution in [3.63, 3.8) is 0 Å². The number of carbonyl (C=O) groups excluding carboxylic acids is 1. The van der Waals surface area contributed by atoms with Gasteiger partial charge in [0, 0.05) is 53.4 Å². The van der Waals surface area contributed by atoms with Gasteiger partial charge in [-0.1, -0.05) is 0 Å². The lowest BCUT2D eigenvalue weighted by Crippen LogP contribution is -2.21. The van der Waals surface area contributed by atoms with Crippen molar-refractivity contribution in [1.29, 1.82) is 0 Å². The minimum atomic E-state index is 0.0287. The van der Waals surface area contributed by atoms with Crippen LogP contribution in [-0.4, -0.2) is 61.6 Å². The van der Waals surface area contributed by atoms with Gasteiger partial charge in [-0.25, -0.2) is 14.5 Å². The number of nitrogens with one attached hydrogen (secondary N) is 1. The average molecular weight is 444 g/mol. The van der Waals surface area contributed by atoms with Gasteiger partial charge in [-0.15, -0.1) is 5.10 Å². The predicted octanol–water partition coefficient (Wildman–Crippen LogP) is 3.08. The molecule has 1 aliphatic carbocycles. The van der Waals surface area contributed by atoms with E-state index in [0.717, 1.165) is 65.8 Å². The SMILES string of the molecule is Cc1ncc(-c2nc3ccc(OC4CCN(C)C4)cn3n2)c2cc(NC(=O)C3CC3)ncc12. The Morgan fingerprint density at radius 1 is 1.15 bits per heavy atom. The molecular weight excluding hydrogens is 418 g/mol. The van der Waals surface area contributed by atoms with Crippen molar-refractivity contribution in [2.75, 3.05) is 25.5 Å². The minimum Gasteiger partial charge on any atom is -0.487 e. The van der Waals surface area contributed by atoms with Crippen LogP contribution in [0, 0.1) is 12.8 Å². The van der Waals surface area contributed by atoms with Crippen LogP contribution in [0.5, 0.6) is 5.75 Å². The van der Waals surface area contributed by atoms with Crippen LogP contribution in [0.1, 0.15) is 25.0 Å². The normalized spacial score (nSPS) is 18.8. The maximum Gasteiger partial charge on any atom is 0.228 e. The summed E-state index contributed by atoms with van der Waals surface area (Å²) < 4.78 is 7.88. The lowest BCUT2D eigenvalue weighted by molar-refractivity contribution is -0.117. The zero-order valence-electron chi connectivity index (χ0n) is 18.7. The number of likely N-dealkylation sites (N-methyl/N-ethyl adjacent to an activating group) is 1. The molecule has 0 spiro atoms. The van der Waals surface area contributed by atoms with Gasteiger partial charge >= 0.3 is 0 Å². The Kier molecular flexibility index (Phi) is 4.72. The molecule has 1 unspecified atom stereocenters. The van der Waals surface area contributed by atoms with Crippen molar-refractivity contribution in [1.82, 2.24) is 29.5 Å². The van der Waals surface area contributed by atoms with E-state index in [1.165, 1.54) is 0 Å². The Morgan fingerprint density at radius 2 is 2.03 bits per heavy atom. The number of fused-ring (bicyclic) bond motifs is 2. The van der Waals surface area contributed by atoms with Crippen LogP contribution < -0.4 is 10.1 Å². The highest BCUT2D eigenvalue weighted by atomic mass is 16.5. The van der Waals surface area contributed by atoms with E-state index in [2.05, 4.69) is 27.2 Å². The summed E-state index contributed by atoms with van der Waals surface area (Å²) in [5, 5.41) is 9.45. The maximum atomic E-state index is 12.2. The molecule has 2 aliphatic rings. The summed E-state index contributed by atoms with van der Waals surface area (Å²) >= 11 is 0. The number of carbonyl (C=O) groups is 1. The first-order valence-corrected chi connectivity index (χ1v) is 11.3. The fraction of sp³-hybridized carbons (Fsp3) is 0.375. The molecule has 33 heavy (non-hydrogen) atoms. The first kappa shape index (κ1) is 20.0. The lowest BCUT2D eigenvalue weighted by Gasteiger charge is -2.13. The monoisotopic (exact) mass is 443 g/mol. The summed E-state index contributed by atoms with van der Waals surface area (Å²) in [6.07, 6.45) is 8.51. The summed E-state index contributed by atoms with van der Waals surface area (Å²) in [6, 6.07) is 5.74. The third kappa shape index (κ3) is 3.89. The van der Waals surface area contributed by atoms with Crippen LogP contribution in [-0.2, 0) is 4.79 Å². The second-order valence-corrected chi connectivity index (χ2v) is 9.03. The van der Waals surface area contributed by atoms with Gasteiger partial charge in [0.15, 0.2) is 11.5 Å². The van der Waals surface area contributed by atoms with Crippen LogP contribution >= 0.6 is 0 Å². The quantitative estimate of drug-likeness (QED) is 0.506. The van der Waals surface area contributed by atoms with Crippen molar-refractivity contribution in [2.45, 2.75) is 32.3 Å². The molecule has 1 saturated carbocycles. The topological polar surface area (TPSA) is 97.5 Å². The van der Waals surface area contributed by atoms with E-state index >= 15 is 0 Å². The molecule has 4 aromatic heterocycles. The van der Waals surface area contributed by atoms with Crippen molar-refractivity contribution in [2.24, 2.45) is 5.92 Å². The average Bonchev–Trinajstić information content (AvgIpc) is 3.46. The summed E-state index contributed by atoms with van der Waals surface area (Å²) in [7, 11) is 2.11. The Morgan fingerprint density at radius 3 is 2.82 bits per heavy atom. The minimum absolute atomic E-state index is 0.0287. The molecule has 1 amide bonds. The number of aryl methyl sites for hydroxylation is 1. The summed E-state index contributed by atoms with van der Waals surface area (Å²) in [5.74, 6) is 2.02. The van der Waals surface area contributed by atoms with E-state index in [0.29, 0.717) is 11.6 Å². The van der Waals surface area contributed by atoms with Gasteiger partial charge in [0.05, 0.1) is 6.20 Å². The van der Waals surface area contributed by atoms with Gasteiger partial charge in [0.1, 0.15) is 17.7 Å². The van der Waals surface area contributed by atoms with Crippen molar-refractivity contribution in [3.8, 4) is 17.1 Å². The molecule has 0 bridgehead atoms. The predicted molar refractivity (Wildman–Crippen MR) is 124 cm³/mol. The second-order valence-electron chi connectivity index (χ2n) is 9.03. The number of ether oxygens (including phenoxy) is 1.